The zero-order chi connectivity index (χ0) is 24.7. The summed E-state index contributed by atoms with van der Waals surface area (Å²) in [6.07, 6.45) is -0.403. The first-order chi connectivity index (χ1) is 15.1. The minimum atomic E-state index is -4.67. The summed E-state index contributed by atoms with van der Waals surface area (Å²) in [5.74, 6) is 0. The van der Waals surface area contributed by atoms with Crippen LogP contribution in [0.1, 0.15) is 5.56 Å². The summed E-state index contributed by atoms with van der Waals surface area (Å²) >= 11 is 0. The van der Waals surface area contributed by atoms with Crippen LogP contribution < -0.4 is 10.6 Å². The summed E-state index contributed by atoms with van der Waals surface area (Å²) < 4.78 is 112. The highest BCUT2D eigenvalue weighted by Gasteiger charge is 2.30. The first-order valence-electron chi connectivity index (χ1n) is 8.92. The smallest absolute Gasteiger partial charge is 0.294 e. The summed E-state index contributed by atoms with van der Waals surface area (Å²) in [5, 5.41) is -0.162. The molecule has 0 atom stereocenters. The molecule has 0 aliphatic rings. The Bertz CT molecular complexity index is 1510. The zero-order valence-corrected chi connectivity index (χ0v) is 19.9. The third-order valence-electron chi connectivity index (χ3n) is 4.67. The van der Waals surface area contributed by atoms with Crippen molar-refractivity contribution < 1.29 is 43.5 Å². The van der Waals surface area contributed by atoms with Gasteiger partial charge >= 0.3 is 0 Å². The molecule has 3 aromatic rings. The lowest BCUT2D eigenvalue weighted by Gasteiger charge is -2.21. The quantitative estimate of drug-likeness (QED) is 0.301. The Hall–Kier alpha value is -2.38. The number of hydrogen-bond acceptors (Lipinski definition) is 7. The summed E-state index contributed by atoms with van der Waals surface area (Å²) in [5.41, 5.74) is 0.169. The second-order valence-corrected chi connectivity index (χ2v) is 14.1. The highest BCUT2D eigenvalue weighted by molar-refractivity contribution is 7.86. The fraction of sp³-hybridized carbons (Fsp3) is 0.0526. The monoisotopic (exact) mass is 532 g/mol. The van der Waals surface area contributed by atoms with Gasteiger partial charge in [0, 0.05) is 16.8 Å². The third-order valence-corrected chi connectivity index (χ3v) is 10.3. The Morgan fingerprint density at radius 3 is 1.33 bits per heavy atom. The average Bonchev–Trinajstić information content (AvgIpc) is 2.72. The van der Waals surface area contributed by atoms with Gasteiger partial charge in [-0.3, -0.25) is 13.7 Å². The van der Waals surface area contributed by atoms with Crippen molar-refractivity contribution in [2.45, 2.75) is 20.8 Å². The molecule has 0 spiro atoms. The molecule has 0 heterocycles. The lowest BCUT2D eigenvalue weighted by atomic mass is 10.2. The van der Waals surface area contributed by atoms with Gasteiger partial charge in [-0.05, 0) is 42.0 Å². The van der Waals surface area contributed by atoms with Crippen molar-refractivity contribution in [1.82, 2.24) is 0 Å². The Morgan fingerprint density at radius 2 is 0.939 bits per heavy atom. The first kappa shape index (κ1) is 25.2. The molecule has 0 saturated heterocycles. The molecule has 0 amide bonds. The molecule has 14 heteroatoms. The van der Waals surface area contributed by atoms with Crippen LogP contribution in [0.5, 0.6) is 0 Å². The standard InChI is InChI=1S/C19H17O10PS3/c20-30(15-5-2-8-18(11-15)32(24,25)26,16-6-3-9-19(12-16)33(27,28)29)13-14-4-1-7-17(10-14)31(21,22)23/h1-12H,13H2,(H,21,22,23)(H,24,25,26)(H,27,28,29). The fourth-order valence-electron chi connectivity index (χ4n) is 3.13. The van der Waals surface area contributed by atoms with Gasteiger partial charge in [-0.2, -0.15) is 25.3 Å². The summed E-state index contributed by atoms with van der Waals surface area (Å²) in [7, 11) is -17.9. The highest BCUT2D eigenvalue weighted by Crippen LogP contribution is 2.47. The van der Waals surface area contributed by atoms with Crippen LogP contribution in [0.25, 0.3) is 0 Å². The summed E-state index contributed by atoms with van der Waals surface area (Å²) in [6, 6.07) is 14.0. The summed E-state index contributed by atoms with van der Waals surface area (Å²) in [4.78, 5) is -1.58. The van der Waals surface area contributed by atoms with E-state index in [1.807, 2.05) is 0 Å². The molecule has 0 aliphatic carbocycles. The molecule has 0 saturated carbocycles. The maximum absolute atomic E-state index is 14.3. The number of rotatable bonds is 7. The van der Waals surface area contributed by atoms with E-state index in [1.54, 1.807) is 0 Å². The molecular weight excluding hydrogens is 515 g/mol. The Labute approximate surface area is 190 Å². The van der Waals surface area contributed by atoms with Crippen molar-refractivity contribution in [3.05, 3.63) is 78.4 Å². The van der Waals surface area contributed by atoms with E-state index in [9.17, 15) is 43.5 Å². The molecular formula is C19H17O10PS3. The lowest BCUT2D eigenvalue weighted by Crippen LogP contribution is -2.20. The maximum Gasteiger partial charge on any atom is 0.294 e. The van der Waals surface area contributed by atoms with Crippen LogP contribution in [-0.2, 0) is 41.1 Å². The summed E-state index contributed by atoms with van der Waals surface area (Å²) in [6.45, 7) is 0. The second kappa shape index (κ2) is 8.76. The highest BCUT2D eigenvalue weighted by atomic mass is 32.2. The minimum absolute atomic E-state index is 0.0811. The molecule has 0 aliphatic heterocycles. The Morgan fingerprint density at radius 1 is 0.576 bits per heavy atom. The molecule has 3 N–H and O–H groups in total. The largest absolute Gasteiger partial charge is 0.313 e. The molecule has 33 heavy (non-hydrogen) atoms. The predicted molar refractivity (Wildman–Crippen MR) is 119 cm³/mol. The first-order valence-corrected chi connectivity index (χ1v) is 15.1. The molecule has 0 bridgehead atoms. The van der Waals surface area contributed by atoms with Crippen LogP contribution in [0, 0.1) is 0 Å². The molecule has 3 aromatic carbocycles. The van der Waals surface area contributed by atoms with Gasteiger partial charge in [0.1, 0.15) is 7.14 Å². The van der Waals surface area contributed by atoms with Gasteiger partial charge in [0.2, 0.25) is 0 Å². The van der Waals surface area contributed by atoms with E-state index in [4.69, 9.17) is 0 Å². The van der Waals surface area contributed by atoms with Crippen molar-refractivity contribution in [2.75, 3.05) is 0 Å². The van der Waals surface area contributed by atoms with E-state index in [0.717, 1.165) is 36.4 Å². The molecule has 0 fully saturated rings. The third kappa shape index (κ3) is 5.76. The predicted octanol–water partition coefficient (Wildman–Crippen LogP) is 1.94. The maximum atomic E-state index is 14.3. The van der Waals surface area contributed by atoms with E-state index in [-0.39, 0.29) is 16.2 Å². The molecule has 0 unspecified atom stereocenters. The van der Waals surface area contributed by atoms with Crippen molar-refractivity contribution >= 4 is 48.1 Å². The number of hydrogen-bond donors (Lipinski definition) is 3. The van der Waals surface area contributed by atoms with E-state index in [2.05, 4.69) is 0 Å². The van der Waals surface area contributed by atoms with E-state index >= 15 is 0 Å². The number of benzene rings is 3. The molecule has 176 valence electrons. The van der Waals surface area contributed by atoms with E-state index < -0.39 is 58.3 Å². The van der Waals surface area contributed by atoms with Gasteiger partial charge in [0.25, 0.3) is 30.4 Å². The molecule has 10 nitrogen and oxygen atoms in total. The van der Waals surface area contributed by atoms with Gasteiger partial charge in [0.05, 0.1) is 14.7 Å². The Kier molecular flexibility index (Phi) is 6.70. The minimum Gasteiger partial charge on any atom is -0.313 e. The zero-order valence-electron chi connectivity index (χ0n) is 16.5. The van der Waals surface area contributed by atoms with Gasteiger partial charge in [0.15, 0.2) is 0 Å². The normalized spacial score (nSPS) is 13.1. The van der Waals surface area contributed by atoms with Crippen molar-refractivity contribution in [1.29, 1.82) is 0 Å². The van der Waals surface area contributed by atoms with Gasteiger partial charge in [-0.25, -0.2) is 0 Å². The van der Waals surface area contributed by atoms with Crippen LogP contribution in [-0.4, -0.2) is 38.9 Å². The van der Waals surface area contributed by atoms with Crippen LogP contribution in [0.4, 0.5) is 0 Å². The van der Waals surface area contributed by atoms with Crippen LogP contribution >= 0.6 is 7.14 Å². The van der Waals surface area contributed by atoms with Crippen LogP contribution in [0.15, 0.2) is 87.5 Å². The fourth-order valence-corrected chi connectivity index (χ4v) is 7.63. The van der Waals surface area contributed by atoms with Gasteiger partial charge in [-0.1, -0.05) is 36.4 Å². The van der Waals surface area contributed by atoms with Crippen molar-refractivity contribution in [3.63, 3.8) is 0 Å². The van der Waals surface area contributed by atoms with Crippen molar-refractivity contribution in [3.8, 4) is 0 Å². The average molecular weight is 533 g/mol. The van der Waals surface area contributed by atoms with E-state index in [1.165, 1.54) is 36.4 Å². The molecule has 0 aromatic heterocycles. The topological polar surface area (TPSA) is 180 Å². The second-order valence-electron chi connectivity index (χ2n) is 6.97. The SMILES string of the molecule is O=P(Cc1cccc(S(=O)(=O)O)c1)(c1cccc(S(=O)(=O)O)c1)c1cccc(S(=O)(=O)O)c1. The van der Waals surface area contributed by atoms with Crippen LogP contribution in [0.3, 0.4) is 0 Å². The van der Waals surface area contributed by atoms with Gasteiger partial charge < -0.3 is 4.57 Å². The van der Waals surface area contributed by atoms with Gasteiger partial charge in [-0.15, -0.1) is 0 Å². The van der Waals surface area contributed by atoms with Crippen LogP contribution in [0.2, 0.25) is 0 Å². The lowest BCUT2D eigenvalue weighted by molar-refractivity contribution is 0.481. The Balaban J connectivity index is 2.28. The van der Waals surface area contributed by atoms with E-state index in [0.29, 0.717) is 0 Å². The van der Waals surface area contributed by atoms with Crippen molar-refractivity contribution in [2.24, 2.45) is 0 Å². The molecule has 3 rings (SSSR count). The molecule has 0 radical (unpaired) electrons.